The van der Waals surface area contributed by atoms with Crippen LogP contribution in [0, 0.1) is 5.92 Å². The Morgan fingerprint density at radius 1 is 1.40 bits per heavy atom. The molecule has 0 aliphatic heterocycles. The molecule has 88 valence electrons. The van der Waals surface area contributed by atoms with Crippen molar-refractivity contribution in [2.24, 2.45) is 5.92 Å². The fourth-order valence-electron chi connectivity index (χ4n) is 2.28. The molecule has 0 spiro atoms. The highest BCUT2D eigenvalue weighted by Gasteiger charge is 2.40. The first kappa shape index (κ1) is 12.5. The van der Waals surface area contributed by atoms with Gasteiger partial charge in [0.15, 0.2) is 0 Å². The fraction of sp³-hybridized carbons (Fsp3) is 0.917. The molecule has 1 fully saturated rings. The minimum Gasteiger partial charge on any atom is -0.480 e. The van der Waals surface area contributed by atoms with Crippen LogP contribution in [-0.4, -0.2) is 23.2 Å². The summed E-state index contributed by atoms with van der Waals surface area (Å²) in [5.41, 5.74) is -0.600. The van der Waals surface area contributed by atoms with Gasteiger partial charge in [0.05, 0.1) is 0 Å². The molecule has 0 aromatic carbocycles. The Balaban J connectivity index is 2.30. The van der Waals surface area contributed by atoms with Crippen LogP contribution in [0.2, 0.25) is 0 Å². The van der Waals surface area contributed by atoms with E-state index in [1.54, 1.807) is 0 Å². The molecule has 0 unspecified atom stereocenters. The molecular weight excluding hydrogens is 190 g/mol. The Bertz CT molecular complexity index is 208. The maximum Gasteiger partial charge on any atom is 0.323 e. The second kappa shape index (κ2) is 5.50. The average Bonchev–Trinajstić information content (AvgIpc) is 2.62. The predicted octanol–water partition coefficient (Wildman–Crippen LogP) is 2.41. The van der Waals surface area contributed by atoms with Gasteiger partial charge in [0.2, 0.25) is 0 Å². The van der Waals surface area contributed by atoms with Crippen LogP contribution < -0.4 is 5.32 Å². The van der Waals surface area contributed by atoms with Crippen molar-refractivity contribution in [1.29, 1.82) is 0 Å². The van der Waals surface area contributed by atoms with E-state index in [0.717, 1.165) is 38.6 Å². The van der Waals surface area contributed by atoms with Crippen LogP contribution in [0.3, 0.4) is 0 Å². The van der Waals surface area contributed by atoms with Gasteiger partial charge < -0.3 is 10.4 Å². The van der Waals surface area contributed by atoms with Crippen LogP contribution in [0.5, 0.6) is 0 Å². The zero-order valence-electron chi connectivity index (χ0n) is 9.88. The number of rotatable bonds is 6. The van der Waals surface area contributed by atoms with Crippen molar-refractivity contribution in [3.63, 3.8) is 0 Å². The Kier molecular flexibility index (Phi) is 4.58. The summed E-state index contributed by atoms with van der Waals surface area (Å²) >= 11 is 0. The van der Waals surface area contributed by atoms with Gasteiger partial charge in [-0.2, -0.15) is 0 Å². The van der Waals surface area contributed by atoms with E-state index >= 15 is 0 Å². The van der Waals surface area contributed by atoms with Gasteiger partial charge in [-0.1, -0.05) is 26.7 Å². The number of carbonyl (C=O) groups is 1. The largest absolute Gasteiger partial charge is 0.480 e. The second-order valence-corrected chi connectivity index (χ2v) is 5.06. The number of carboxylic acid groups (broad SMARTS) is 1. The Morgan fingerprint density at radius 3 is 2.47 bits per heavy atom. The van der Waals surface area contributed by atoms with Gasteiger partial charge >= 0.3 is 5.97 Å². The normalized spacial score (nSPS) is 19.7. The maximum atomic E-state index is 11.2. The third-order valence-electron chi connectivity index (χ3n) is 3.29. The standard InChI is InChI=1S/C12H23NO2/c1-10(2)6-5-9-13-12(11(14)15)7-3-4-8-12/h10,13H,3-9H2,1-2H3,(H,14,15). The van der Waals surface area contributed by atoms with Crippen LogP contribution in [0.4, 0.5) is 0 Å². The highest BCUT2D eigenvalue weighted by atomic mass is 16.4. The van der Waals surface area contributed by atoms with Gasteiger partial charge in [-0.25, -0.2) is 0 Å². The minimum atomic E-state index is -0.662. The van der Waals surface area contributed by atoms with E-state index in [-0.39, 0.29) is 0 Å². The zero-order valence-corrected chi connectivity index (χ0v) is 9.88. The summed E-state index contributed by atoms with van der Waals surface area (Å²) < 4.78 is 0. The fourth-order valence-corrected chi connectivity index (χ4v) is 2.28. The van der Waals surface area contributed by atoms with E-state index < -0.39 is 11.5 Å². The van der Waals surface area contributed by atoms with Crippen molar-refractivity contribution in [3.8, 4) is 0 Å². The lowest BCUT2D eigenvalue weighted by Gasteiger charge is -2.25. The van der Waals surface area contributed by atoms with Crippen LogP contribution in [0.15, 0.2) is 0 Å². The van der Waals surface area contributed by atoms with Crippen molar-refractivity contribution in [2.45, 2.75) is 57.9 Å². The molecule has 0 amide bonds. The molecule has 1 saturated carbocycles. The van der Waals surface area contributed by atoms with Gasteiger partial charge in [-0.05, 0) is 38.1 Å². The monoisotopic (exact) mass is 213 g/mol. The number of hydrogen-bond acceptors (Lipinski definition) is 2. The summed E-state index contributed by atoms with van der Waals surface area (Å²) in [7, 11) is 0. The third kappa shape index (κ3) is 3.49. The van der Waals surface area contributed by atoms with E-state index in [9.17, 15) is 9.90 Å². The Labute approximate surface area is 92.3 Å². The van der Waals surface area contributed by atoms with E-state index in [1.807, 2.05) is 0 Å². The number of hydrogen-bond donors (Lipinski definition) is 2. The Morgan fingerprint density at radius 2 is 2.00 bits per heavy atom. The van der Waals surface area contributed by atoms with Crippen LogP contribution in [0.1, 0.15) is 52.4 Å². The zero-order chi connectivity index (χ0) is 11.3. The molecular formula is C12H23NO2. The molecule has 1 aliphatic carbocycles. The molecule has 3 nitrogen and oxygen atoms in total. The van der Waals surface area contributed by atoms with E-state index in [4.69, 9.17) is 0 Å². The highest BCUT2D eigenvalue weighted by molar-refractivity contribution is 5.79. The molecule has 3 heteroatoms. The van der Waals surface area contributed by atoms with Crippen molar-refractivity contribution < 1.29 is 9.90 Å². The van der Waals surface area contributed by atoms with Crippen LogP contribution in [-0.2, 0) is 4.79 Å². The summed E-state index contributed by atoms with van der Waals surface area (Å²) in [5.74, 6) is 0.0423. The number of carboxylic acids is 1. The quantitative estimate of drug-likeness (QED) is 0.666. The molecule has 0 radical (unpaired) electrons. The van der Waals surface area contributed by atoms with Crippen molar-refractivity contribution in [1.82, 2.24) is 5.32 Å². The van der Waals surface area contributed by atoms with Gasteiger partial charge in [-0.3, -0.25) is 4.79 Å². The van der Waals surface area contributed by atoms with Gasteiger partial charge in [0, 0.05) is 0 Å². The minimum absolute atomic E-state index is 0.600. The van der Waals surface area contributed by atoms with Crippen LogP contribution in [0.25, 0.3) is 0 Å². The van der Waals surface area contributed by atoms with E-state index in [0.29, 0.717) is 5.92 Å². The molecule has 1 rings (SSSR count). The molecule has 0 aromatic heterocycles. The van der Waals surface area contributed by atoms with Gasteiger partial charge in [-0.15, -0.1) is 0 Å². The summed E-state index contributed by atoms with van der Waals surface area (Å²) in [4.78, 5) is 11.2. The van der Waals surface area contributed by atoms with Crippen molar-refractivity contribution >= 4 is 5.97 Å². The van der Waals surface area contributed by atoms with Crippen molar-refractivity contribution in [3.05, 3.63) is 0 Å². The molecule has 0 heterocycles. The first-order valence-electron chi connectivity index (χ1n) is 6.05. The first-order valence-corrected chi connectivity index (χ1v) is 6.05. The lowest BCUT2D eigenvalue weighted by Crippen LogP contribution is -2.50. The van der Waals surface area contributed by atoms with E-state index in [1.165, 1.54) is 6.42 Å². The molecule has 0 saturated heterocycles. The Hall–Kier alpha value is -0.570. The lowest BCUT2D eigenvalue weighted by atomic mass is 9.97. The first-order chi connectivity index (χ1) is 7.07. The van der Waals surface area contributed by atoms with Gasteiger partial charge in [0.25, 0.3) is 0 Å². The molecule has 2 N–H and O–H groups in total. The average molecular weight is 213 g/mol. The second-order valence-electron chi connectivity index (χ2n) is 5.06. The van der Waals surface area contributed by atoms with Crippen LogP contribution >= 0.6 is 0 Å². The SMILES string of the molecule is CC(C)CCCNC1(C(=O)O)CCCC1. The van der Waals surface area contributed by atoms with Crippen molar-refractivity contribution in [2.75, 3.05) is 6.54 Å². The van der Waals surface area contributed by atoms with Gasteiger partial charge in [0.1, 0.15) is 5.54 Å². The molecule has 1 aliphatic rings. The highest BCUT2D eigenvalue weighted by Crippen LogP contribution is 2.29. The number of aliphatic carboxylic acids is 1. The summed E-state index contributed by atoms with van der Waals surface area (Å²) in [6, 6.07) is 0. The lowest BCUT2D eigenvalue weighted by molar-refractivity contribution is -0.144. The topological polar surface area (TPSA) is 49.3 Å². The summed E-state index contributed by atoms with van der Waals surface area (Å²) in [5, 5.41) is 12.5. The summed E-state index contributed by atoms with van der Waals surface area (Å²) in [6.45, 7) is 5.23. The molecule has 0 bridgehead atoms. The molecule has 15 heavy (non-hydrogen) atoms. The predicted molar refractivity (Wildman–Crippen MR) is 60.9 cm³/mol. The van der Waals surface area contributed by atoms with E-state index in [2.05, 4.69) is 19.2 Å². The maximum absolute atomic E-state index is 11.2. The molecule has 0 atom stereocenters. The smallest absolute Gasteiger partial charge is 0.323 e. The number of nitrogens with one attached hydrogen (secondary N) is 1. The third-order valence-corrected chi connectivity index (χ3v) is 3.29. The molecule has 0 aromatic rings. The summed E-state index contributed by atoms with van der Waals surface area (Å²) in [6.07, 6.45) is 5.93.